The number of ether oxygens (including phenoxy) is 1. The van der Waals surface area contributed by atoms with Crippen molar-refractivity contribution in [3.05, 3.63) is 0 Å². The van der Waals surface area contributed by atoms with Gasteiger partial charge < -0.3 is 10.1 Å². The number of hydrogen-bond acceptors (Lipinski definition) is 3. The van der Waals surface area contributed by atoms with Crippen LogP contribution in [-0.2, 0) is 4.74 Å². The fraction of sp³-hybridized carbons (Fsp3) is 1.00. The van der Waals surface area contributed by atoms with Crippen molar-refractivity contribution in [2.24, 2.45) is 5.92 Å². The summed E-state index contributed by atoms with van der Waals surface area (Å²) in [5.74, 6) is 0.883. The standard InChI is InChI=1S/C15H32N2O/c1-5-16-15(14-8-6-7-9-14)12-17(13(2)3)10-11-18-4/h13-16H,5-12H2,1-4H3. The SMILES string of the molecule is CCNC(CN(CCOC)C(C)C)C1CCCC1. The van der Waals surface area contributed by atoms with E-state index in [2.05, 4.69) is 31.0 Å². The molecule has 1 aliphatic carbocycles. The van der Waals surface area contributed by atoms with Crippen molar-refractivity contribution >= 4 is 0 Å². The summed E-state index contributed by atoms with van der Waals surface area (Å²) in [5.41, 5.74) is 0. The second kappa shape index (κ2) is 8.89. The summed E-state index contributed by atoms with van der Waals surface area (Å²) in [7, 11) is 1.79. The minimum absolute atomic E-state index is 0.600. The fourth-order valence-corrected chi connectivity index (χ4v) is 3.02. The lowest BCUT2D eigenvalue weighted by Crippen LogP contribution is -2.48. The molecule has 1 atom stereocenters. The Morgan fingerprint density at radius 2 is 1.94 bits per heavy atom. The number of methoxy groups -OCH3 is 1. The predicted molar refractivity (Wildman–Crippen MR) is 78.0 cm³/mol. The molecule has 0 aromatic carbocycles. The molecule has 0 amide bonds. The Labute approximate surface area is 113 Å². The van der Waals surface area contributed by atoms with Crippen LogP contribution < -0.4 is 5.32 Å². The van der Waals surface area contributed by atoms with Gasteiger partial charge in [0, 0.05) is 32.3 Å². The van der Waals surface area contributed by atoms with Gasteiger partial charge in [-0.25, -0.2) is 0 Å². The second-order valence-electron chi connectivity index (χ2n) is 5.79. The first-order valence-electron chi connectivity index (χ1n) is 7.65. The molecule has 1 rings (SSSR count). The molecule has 1 saturated carbocycles. The Kier molecular flexibility index (Phi) is 7.87. The van der Waals surface area contributed by atoms with Gasteiger partial charge in [-0.1, -0.05) is 19.8 Å². The number of nitrogens with zero attached hydrogens (tertiary/aromatic N) is 1. The maximum Gasteiger partial charge on any atom is 0.0589 e. The van der Waals surface area contributed by atoms with E-state index >= 15 is 0 Å². The topological polar surface area (TPSA) is 24.5 Å². The zero-order chi connectivity index (χ0) is 13.4. The summed E-state index contributed by atoms with van der Waals surface area (Å²) < 4.78 is 5.23. The molecule has 0 aliphatic heterocycles. The maximum atomic E-state index is 5.23. The molecule has 0 aromatic heterocycles. The maximum absolute atomic E-state index is 5.23. The molecule has 0 aromatic rings. The van der Waals surface area contributed by atoms with Gasteiger partial charge in [0.15, 0.2) is 0 Å². The highest BCUT2D eigenvalue weighted by atomic mass is 16.5. The van der Waals surface area contributed by atoms with E-state index in [4.69, 9.17) is 4.74 Å². The van der Waals surface area contributed by atoms with Gasteiger partial charge in [0.2, 0.25) is 0 Å². The Morgan fingerprint density at radius 1 is 1.28 bits per heavy atom. The lowest BCUT2D eigenvalue weighted by Gasteiger charge is -2.33. The number of rotatable bonds is 9. The molecule has 18 heavy (non-hydrogen) atoms. The molecule has 0 bridgehead atoms. The average molecular weight is 256 g/mol. The monoisotopic (exact) mass is 256 g/mol. The van der Waals surface area contributed by atoms with Crippen molar-refractivity contribution in [3.63, 3.8) is 0 Å². The summed E-state index contributed by atoms with van der Waals surface area (Å²) in [5, 5.41) is 3.70. The van der Waals surface area contributed by atoms with Gasteiger partial charge in [0.25, 0.3) is 0 Å². The van der Waals surface area contributed by atoms with Crippen LogP contribution >= 0.6 is 0 Å². The molecule has 3 heteroatoms. The molecule has 0 radical (unpaired) electrons. The van der Waals surface area contributed by atoms with E-state index in [0.717, 1.165) is 25.6 Å². The highest BCUT2D eigenvalue weighted by molar-refractivity contribution is 4.83. The molecule has 1 N–H and O–H groups in total. The Balaban J connectivity index is 2.49. The first kappa shape index (κ1) is 15.9. The summed E-state index contributed by atoms with van der Waals surface area (Å²) in [6.07, 6.45) is 5.67. The molecule has 108 valence electrons. The van der Waals surface area contributed by atoms with Gasteiger partial charge in [-0.05, 0) is 39.2 Å². The zero-order valence-electron chi connectivity index (χ0n) is 12.7. The van der Waals surface area contributed by atoms with Crippen molar-refractivity contribution < 1.29 is 4.74 Å². The first-order valence-corrected chi connectivity index (χ1v) is 7.65. The van der Waals surface area contributed by atoms with E-state index in [1.165, 1.54) is 32.2 Å². The van der Waals surface area contributed by atoms with E-state index in [-0.39, 0.29) is 0 Å². The Bertz CT molecular complexity index is 203. The molecule has 0 spiro atoms. The Hall–Kier alpha value is -0.120. The molecular weight excluding hydrogens is 224 g/mol. The lowest BCUT2D eigenvalue weighted by atomic mass is 9.97. The Morgan fingerprint density at radius 3 is 2.44 bits per heavy atom. The van der Waals surface area contributed by atoms with E-state index in [1.807, 2.05) is 0 Å². The number of nitrogens with one attached hydrogen (secondary N) is 1. The summed E-state index contributed by atoms with van der Waals surface area (Å²) in [6.45, 7) is 10.9. The van der Waals surface area contributed by atoms with E-state index < -0.39 is 0 Å². The van der Waals surface area contributed by atoms with E-state index in [1.54, 1.807) is 7.11 Å². The molecular formula is C15H32N2O. The van der Waals surface area contributed by atoms with Gasteiger partial charge >= 0.3 is 0 Å². The van der Waals surface area contributed by atoms with Gasteiger partial charge in [-0.2, -0.15) is 0 Å². The minimum Gasteiger partial charge on any atom is -0.383 e. The summed E-state index contributed by atoms with van der Waals surface area (Å²) in [4.78, 5) is 2.55. The van der Waals surface area contributed by atoms with Crippen molar-refractivity contribution in [3.8, 4) is 0 Å². The normalized spacial score (nSPS) is 19.0. The quantitative estimate of drug-likeness (QED) is 0.686. The zero-order valence-corrected chi connectivity index (χ0v) is 12.7. The highest BCUT2D eigenvalue weighted by Crippen LogP contribution is 2.28. The molecule has 0 heterocycles. The van der Waals surface area contributed by atoms with Crippen LogP contribution in [0.1, 0.15) is 46.5 Å². The summed E-state index contributed by atoms with van der Waals surface area (Å²) in [6, 6.07) is 1.26. The third-order valence-electron chi connectivity index (χ3n) is 4.18. The van der Waals surface area contributed by atoms with Crippen LogP contribution in [0, 0.1) is 5.92 Å². The van der Waals surface area contributed by atoms with Crippen LogP contribution in [-0.4, -0.2) is 50.3 Å². The smallest absolute Gasteiger partial charge is 0.0589 e. The number of likely N-dealkylation sites (N-methyl/N-ethyl adjacent to an activating group) is 1. The molecule has 1 unspecified atom stereocenters. The minimum atomic E-state index is 0.600. The molecule has 0 saturated heterocycles. The second-order valence-corrected chi connectivity index (χ2v) is 5.79. The van der Waals surface area contributed by atoms with Gasteiger partial charge in [-0.15, -0.1) is 0 Å². The van der Waals surface area contributed by atoms with Crippen LogP contribution in [0.3, 0.4) is 0 Å². The predicted octanol–water partition coefficient (Wildman–Crippen LogP) is 2.51. The van der Waals surface area contributed by atoms with E-state index in [0.29, 0.717) is 12.1 Å². The van der Waals surface area contributed by atoms with Crippen molar-refractivity contribution in [1.82, 2.24) is 10.2 Å². The average Bonchev–Trinajstić information content (AvgIpc) is 2.86. The molecule has 1 aliphatic rings. The molecule has 1 fully saturated rings. The van der Waals surface area contributed by atoms with Gasteiger partial charge in [0.05, 0.1) is 6.61 Å². The van der Waals surface area contributed by atoms with Crippen molar-refractivity contribution in [2.45, 2.75) is 58.5 Å². The fourth-order valence-electron chi connectivity index (χ4n) is 3.02. The largest absolute Gasteiger partial charge is 0.383 e. The van der Waals surface area contributed by atoms with Crippen LogP contribution in [0.5, 0.6) is 0 Å². The van der Waals surface area contributed by atoms with Crippen LogP contribution in [0.25, 0.3) is 0 Å². The van der Waals surface area contributed by atoms with Gasteiger partial charge in [0.1, 0.15) is 0 Å². The van der Waals surface area contributed by atoms with Crippen LogP contribution in [0.2, 0.25) is 0 Å². The van der Waals surface area contributed by atoms with Crippen LogP contribution in [0.15, 0.2) is 0 Å². The first-order chi connectivity index (χ1) is 8.69. The van der Waals surface area contributed by atoms with Gasteiger partial charge in [-0.3, -0.25) is 4.90 Å². The lowest BCUT2D eigenvalue weighted by molar-refractivity contribution is 0.113. The third-order valence-corrected chi connectivity index (χ3v) is 4.18. The molecule has 3 nitrogen and oxygen atoms in total. The third kappa shape index (κ3) is 5.25. The van der Waals surface area contributed by atoms with E-state index in [9.17, 15) is 0 Å². The van der Waals surface area contributed by atoms with Crippen molar-refractivity contribution in [2.75, 3.05) is 33.4 Å². The highest BCUT2D eigenvalue weighted by Gasteiger charge is 2.26. The summed E-state index contributed by atoms with van der Waals surface area (Å²) >= 11 is 0. The van der Waals surface area contributed by atoms with Crippen molar-refractivity contribution in [1.29, 1.82) is 0 Å². The van der Waals surface area contributed by atoms with Crippen LogP contribution in [0.4, 0.5) is 0 Å². The number of hydrogen-bond donors (Lipinski definition) is 1.